The van der Waals surface area contributed by atoms with Crippen molar-refractivity contribution in [3.8, 4) is 37.0 Å². The van der Waals surface area contributed by atoms with E-state index in [2.05, 4.69) is 105 Å². The summed E-state index contributed by atoms with van der Waals surface area (Å²) in [6, 6.07) is 34.7. The van der Waals surface area contributed by atoms with Gasteiger partial charge in [-0.15, -0.1) is 19.3 Å². The first-order valence-corrected chi connectivity index (χ1v) is 20.8. The molecule has 3 atom stereocenters. The van der Waals surface area contributed by atoms with Crippen molar-refractivity contribution < 1.29 is 25.6 Å². The molecule has 3 aliphatic carbocycles. The van der Waals surface area contributed by atoms with Gasteiger partial charge in [-0.25, -0.2) is 0 Å². The van der Waals surface area contributed by atoms with Crippen molar-refractivity contribution >= 4 is 20.2 Å². The van der Waals surface area contributed by atoms with E-state index in [1.807, 2.05) is 0 Å². The number of nitrogens with two attached hydrogens (primary N) is 1. The number of hydrogen-bond donors (Lipinski definition) is 4. The molecule has 284 valence electrons. The maximum Gasteiger partial charge on any atom is 0.297 e. The predicted molar refractivity (Wildman–Crippen MR) is 216 cm³/mol. The number of fused-ring (bicyclic) bond motifs is 3. The van der Waals surface area contributed by atoms with E-state index in [-0.39, 0.29) is 11.5 Å². The highest BCUT2D eigenvalue weighted by Gasteiger charge is 2.21. The largest absolute Gasteiger partial charge is 0.324 e. The fourth-order valence-corrected chi connectivity index (χ4v) is 7.11. The Morgan fingerprint density at radius 3 is 1.46 bits per heavy atom. The van der Waals surface area contributed by atoms with Crippen LogP contribution in [0.5, 0.6) is 0 Å². The minimum Gasteiger partial charge on any atom is -0.324 e. The van der Waals surface area contributed by atoms with Crippen molar-refractivity contribution in [2.24, 2.45) is 5.73 Å². The first kappa shape index (κ1) is 43.7. The van der Waals surface area contributed by atoms with Crippen LogP contribution in [0.25, 0.3) is 0 Å². The molecule has 9 nitrogen and oxygen atoms in total. The quantitative estimate of drug-likeness (QED) is 0.102. The summed E-state index contributed by atoms with van der Waals surface area (Å²) in [5.74, 6) is 7.32. The Morgan fingerprint density at radius 2 is 1.04 bits per heavy atom. The summed E-state index contributed by atoms with van der Waals surface area (Å²) >= 11 is 0. The van der Waals surface area contributed by atoms with Crippen LogP contribution >= 0.6 is 0 Å². The van der Waals surface area contributed by atoms with Gasteiger partial charge >= 0.3 is 0 Å². The van der Waals surface area contributed by atoms with Crippen molar-refractivity contribution in [2.45, 2.75) is 61.5 Å². The van der Waals surface area contributed by atoms with E-state index in [0.717, 1.165) is 12.8 Å². The molecule has 3 aliphatic rings. The number of benzene rings is 4. The smallest absolute Gasteiger partial charge is 0.297 e. The molecule has 0 radical (unpaired) electrons. The summed E-state index contributed by atoms with van der Waals surface area (Å²) in [6.45, 7) is 1.09. The third-order valence-electron chi connectivity index (χ3n) is 8.68. The van der Waals surface area contributed by atoms with Crippen LogP contribution in [-0.4, -0.2) is 47.3 Å². The van der Waals surface area contributed by atoms with Crippen LogP contribution in [0, 0.1) is 37.0 Å². The molecule has 4 aromatic rings. The molecule has 0 fully saturated rings. The topological polar surface area (TPSA) is 148 Å². The van der Waals surface area contributed by atoms with Crippen molar-refractivity contribution in [3.05, 3.63) is 137 Å². The Balaban J connectivity index is 0.000000186. The number of nitrogens with one attached hydrogen (secondary N) is 2. The second-order valence-corrected chi connectivity index (χ2v) is 15.6. The van der Waals surface area contributed by atoms with E-state index >= 15 is 0 Å². The lowest BCUT2D eigenvalue weighted by atomic mass is 10.1. The van der Waals surface area contributed by atoms with E-state index in [1.54, 1.807) is 18.2 Å². The lowest BCUT2D eigenvalue weighted by molar-refractivity contribution is 0.363. The average Bonchev–Trinajstić information content (AvgIpc) is 3.90. The summed E-state index contributed by atoms with van der Waals surface area (Å²) in [5, 5.41) is 6.70. The van der Waals surface area contributed by atoms with Gasteiger partial charge < -0.3 is 5.73 Å². The SMILES string of the molecule is C#CCNC1CCc2ccccc21.C#CCN[C@@H]1CCc2ccccc21.C#CCOS(=O)(=O)c1ccccc1.CS(=O)(=O)O.NC1CCc2ccccc21. The molecule has 0 bridgehead atoms. The minimum absolute atomic E-state index is 0.116. The number of hydrogen-bond acceptors (Lipinski definition) is 8. The maximum absolute atomic E-state index is 11.3. The molecule has 0 aliphatic heterocycles. The summed E-state index contributed by atoms with van der Waals surface area (Å²) in [4.78, 5) is 0.116. The molecule has 54 heavy (non-hydrogen) atoms. The Kier molecular flexibility index (Phi) is 18.2. The van der Waals surface area contributed by atoms with E-state index in [4.69, 9.17) is 29.6 Å². The standard InChI is InChI=1S/2C12H13N.C9H11N.C9H8O3S.CH4O3S/c2*1-2-9-13-12-8-7-10-5-3-4-6-11(10)12;10-9-6-5-7-3-1-2-4-8(7)9;1-2-8-12-13(10,11)9-6-4-3-5-7-9;1-5(2,3)4/h2*1,3-6,12-13H,7-9H2;1-4,9H,5-6,10H2;1,3-7H,8H2;1H3,(H,2,3,4)/t12-;;;;/m1..../s1. The van der Waals surface area contributed by atoms with Crippen molar-refractivity contribution in [2.75, 3.05) is 26.0 Å². The highest BCUT2D eigenvalue weighted by molar-refractivity contribution is 7.86. The van der Waals surface area contributed by atoms with Gasteiger partial charge in [0.05, 0.1) is 24.2 Å². The molecule has 4 aromatic carbocycles. The molecular formula is C43H49N3O6S2. The van der Waals surface area contributed by atoms with Gasteiger partial charge in [-0.2, -0.15) is 16.8 Å². The van der Waals surface area contributed by atoms with Gasteiger partial charge in [0.25, 0.3) is 20.2 Å². The van der Waals surface area contributed by atoms with Gasteiger partial charge in [-0.05, 0) is 84.0 Å². The number of rotatable bonds is 7. The normalized spacial score (nSPS) is 17.2. The zero-order valence-corrected chi connectivity index (χ0v) is 32.2. The van der Waals surface area contributed by atoms with Gasteiger partial charge in [-0.1, -0.05) is 109 Å². The molecule has 2 unspecified atom stereocenters. The van der Waals surface area contributed by atoms with Gasteiger partial charge in [-0.3, -0.25) is 19.4 Å². The van der Waals surface area contributed by atoms with Crippen LogP contribution < -0.4 is 16.4 Å². The molecule has 5 N–H and O–H groups in total. The summed E-state index contributed by atoms with van der Waals surface area (Å²) in [7, 11) is -7.33. The predicted octanol–water partition coefficient (Wildman–Crippen LogP) is 5.96. The zero-order valence-electron chi connectivity index (χ0n) is 30.5. The van der Waals surface area contributed by atoms with Crippen molar-refractivity contribution in [1.82, 2.24) is 10.6 Å². The van der Waals surface area contributed by atoms with Crippen molar-refractivity contribution in [3.63, 3.8) is 0 Å². The molecule has 7 rings (SSSR count). The first-order chi connectivity index (χ1) is 25.9. The van der Waals surface area contributed by atoms with Crippen LogP contribution in [0.4, 0.5) is 0 Å². The highest BCUT2D eigenvalue weighted by Crippen LogP contribution is 2.31. The number of terminal acetylenes is 3. The molecule has 0 amide bonds. The first-order valence-electron chi connectivity index (χ1n) is 17.5. The fraction of sp³-hybridized carbons (Fsp3) is 0.302. The summed E-state index contributed by atoms with van der Waals surface area (Å²) < 4.78 is 52.9. The van der Waals surface area contributed by atoms with E-state index < -0.39 is 20.2 Å². The van der Waals surface area contributed by atoms with Gasteiger partial charge in [0.1, 0.15) is 6.61 Å². The van der Waals surface area contributed by atoms with Crippen LogP contribution in [0.2, 0.25) is 0 Å². The van der Waals surface area contributed by atoms with Crippen LogP contribution in [0.15, 0.2) is 108 Å². The van der Waals surface area contributed by atoms with E-state index in [0.29, 0.717) is 37.5 Å². The minimum atomic E-state index is -3.67. The lowest BCUT2D eigenvalue weighted by Gasteiger charge is -2.10. The summed E-state index contributed by atoms with van der Waals surface area (Å²) in [6.07, 6.45) is 23.0. The Morgan fingerprint density at radius 1 is 0.648 bits per heavy atom. The maximum atomic E-state index is 11.3. The second kappa shape index (κ2) is 22.5. The van der Waals surface area contributed by atoms with E-state index in [9.17, 15) is 16.8 Å². The van der Waals surface area contributed by atoms with E-state index in [1.165, 1.54) is 71.2 Å². The zero-order chi connectivity index (χ0) is 39.4. The molecule has 0 aromatic heterocycles. The molecule has 0 saturated heterocycles. The molecule has 11 heteroatoms. The molecule has 0 heterocycles. The Hall–Kier alpha value is -4.74. The number of aryl methyl sites for hydroxylation is 3. The third-order valence-corrected chi connectivity index (χ3v) is 9.95. The van der Waals surface area contributed by atoms with Crippen molar-refractivity contribution in [1.29, 1.82) is 0 Å². The van der Waals surface area contributed by atoms with Crippen LogP contribution in [0.1, 0.15) is 70.8 Å². The Labute approximate surface area is 322 Å². The molecule has 0 spiro atoms. The van der Waals surface area contributed by atoms with Crippen LogP contribution in [0.3, 0.4) is 0 Å². The van der Waals surface area contributed by atoms with Gasteiger partial charge in [0.2, 0.25) is 0 Å². The third kappa shape index (κ3) is 14.9. The van der Waals surface area contributed by atoms with Gasteiger partial charge in [0, 0.05) is 18.1 Å². The monoisotopic (exact) mass is 767 g/mol. The average molecular weight is 768 g/mol. The van der Waals surface area contributed by atoms with Gasteiger partial charge in [0.15, 0.2) is 0 Å². The Bertz CT molecular complexity index is 2040. The molecular weight excluding hydrogens is 719 g/mol. The van der Waals surface area contributed by atoms with Crippen LogP contribution in [-0.2, 0) is 43.7 Å². The highest BCUT2D eigenvalue weighted by atomic mass is 32.2. The lowest BCUT2D eigenvalue weighted by Crippen LogP contribution is -2.19. The summed E-state index contributed by atoms with van der Waals surface area (Å²) in [5.41, 5.74) is 14.4. The molecule has 0 saturated carbocycles. The fourth-order valence-electron chi connectivity index (χ4n) is 6.26. The second-order valence-electron chi connectivity index (χ2n) is 12.6.